The molecular weight excluding hydrogens is 336 g/mol. The fourth-order valence-electron chi connectivity index (χ4n) is 2.50. The Morgan fingerprint density at radius 2 is 1.68 bits per heavy atom. The van der Waals surface area contributed by atoms with Crippen molar-refractivity contribution in [1.82, 2.24) is 4.90 Å². The number of hydrogen-bond acceptors (Lipinski definition) is 3. The maximum Gasteiger partial charge on any atom is 0.264 e. The quantitative estimate of drug-likeness (QED) is 0.794. The molecule has 0 unspecified atom stereocenters. The smallest absolute Gasteiger partial charge is 0.264 e. The highest BCUT2D eigenvalue weighted by Crippen LogP contribution is 2.23. The van der Waals surface area contributed by atoms with Gasteiger partial charge in [0, 0.05) is 26.2 Å². The Balaban J connectivity index is 2.35. The van der Waals surface area contributed by atoms with Gasteiger partial charge in [0.1, 0.15) is 0 Å². The number of amides is 1. The molecule has 2 aromatic rings. The van der Waals surface area contributed by atoms with Crippen LogP contribution in [0.15, 0.2) is 53.4 Å². The summed E-state index contributed by atoms with van der Waals surface area (Å²) in [5, 5.41) is 0. The molecule has 25 heavy (non-hydrogen) atoms. The van der Waals surface area contributed by atoms with Crippen molar-refractivity contribution >= 4 is 21.6 Å². The third-order valence-corrected chi connectivity index (χ3v) is 5.82. The molecule has 0 heterocycles. The van der Waals surface area contributed by atoms with Crippen LogP contribution in [0.2, 0.25) is 0 Å². The van der Waals surface area contributed by atoms with Crippen LogP contribution in [0.4, 0.5) is 5.69 Å². The molecule has 2 aromatic carbocycles. The van der Waals surface area contributed by atoms with E-state index in [0.29, 0.717) is 17.8 Å². The molecule has 0 fully saturated rings. The Bertz CT molecular complexity index is 845. The number of carbonyl (C=O) groups is 1. The lowest BCUT2D eigenvalue weighted by atomic mass is 10.2. The maximum atomic E-state index is 12.9. The van der Waals surface area contributed by atoms with E-state index in [-0.39, 0.29) is 10.8 Å². The van der Waals surface area contributed by atoms with Crippen molar-refractivity contribution in [2.75, 3.05) is 24.9 Å². The summed E-state index contributed by atoms with van der Waals surface area (Å²) in [6, 6.07) is 13.4. The first kappa shape index (κ1) is 19.0. The second-order valence-electron chi connectivity index (χ2n) is 6.06. The first-order valence-corrected chi connectivity index (χ1v) is 9.62. The van der Waals surface area contributed by atoms with Crippen LogP contribution in [-0.4, -0.2) is 39.9 Å². The predicted molar refractivity (Wildman–Crippen MR) is 100 cm³/mol. The van der Waals surface area contributed by atoms with Gasteiger partial charge in [-0.3, -0.25) is 9.10 Å². The monoisotopic (exact) mass is 360 g/mol. The first-order valence-electron chi connectivity index (χ1n) is 8.18. The van der Waals surface area contributed by atoms with E-state index < -0.39 is 10.0 Å². The van der Waals surface area contributed by atoms with Crippen molar-refractivity contribution in [3.63, 3.8) is 0 Å². The van der Waals surface area contributed by atoms with Crippen molar-refractivity contribution in [1.29, 1.82) is 0 Å². The summed E-state index contributed by atoms with van der Waals surface area (Å²) in [7, 11) is -0.511. The molecule has 0 saturated carbocycles. The lowest BCUT2D eigenvalue weighted by Crippen LogP contribution is -2.29. The molecule has 134 valence electrons. The summed E-state index contributed by atoms with van der Waals surface area (Å²) >= 11 is 0. The molecule has 0 aliphatic carbocycles. The number of aryl methyl sites for hydroxylation is 1. The van der Waals surface area contributed by atoms with E-state index in [9.17, 15) is 13.2 Å². The fraction of sp³-hybridized carbons (Fsp3) is 0.316. The van der Waals surface area contributed by atoms with Gasteiger partial charge in [-0.05, 0) is 43.7 Å². The summed E-state index contributed by atoms with van der Waals surface area (Å²) in [5.41, 5.74) is 2.00. The van der Waals surface area contributed by atoms with Crippen LogP contribution in [0.5, 0.6) is 0 Å². The van der Waals surface area contributed by atoms with Gasteiger partial charge in [0.2, 0.25) is 0 Å². The van der Waals surface area contributed by atoms with E-state index in [1.807, 2.05) is 26.0 Å². The van der Waals surface area contributed by atoms with Crippen LogP contribution < -0.4 is 4.31 Å². The molecule has 5 nitrogen and oxygen atoms in total. The fourth-order valence-corrected chi connectivity index (χ4v) is 3.74. The van der Waals surface area contributed by atoms with Crippen molar-refractivity contribution in [2.45, 2.75) is 25.2 Å². The molecule has 6 heteroatoms. The number of anilines is 1. The van der Waals surface area contributed by atoms with E-state index >= 15 is 0 Å². The van der Waals surface area contributed by atoms with Gasteiger partial charge in [-0.25, -0.2) is 8.42 Å². The second-order valence-corrected chi connectivity index (χ2v) is 8.03. The lowest BCUT2D eigenvalue weighted by Gasteiger charge is -2.21. The molecule has 2 rings (SSSR count). The van der Waals surface area contributed by atoms with E-state index in [1.54, 1.807) is 36.2 Å². The molecule has 0 radical (unpaired) electrons. The van der Waals surface area contributed by atoms with Crippen LogP contribution in [0.25, 0.3) is 0 Å². The molecule has 0 aliphatic rings. The zero-order chi connectivity index (χ0) is 18.6. The SMILES string of the molecule is CCCN(C)C(=O)c1cccc(S(=O)(=O)N(C)c2ccc(C)cc2)c1. The highest BCUT2D eigenvalue weighted by atomic mass is 32.2. The van der Waals surface area contributed by atoms with Crippen LogP contribution in [0.3, 0.4) is 0 Å². The first-order chi connectivity index (χ1) is 11.8. The molecular formula is C19H24N2O3S. The molecule has 0 atom stereocenters. The highest BCUT2D eigenvalue weighted by molar-refractivity contribution is 7.92. The maximum absolute atomic E-state index is 12.9. The van der Waals surface area contributed by atoms with Crippen molar-refractivity contribution in [3.8, 4) is 0 Å². The van der Waals surface area contributed by atoms with Crippen LogP contribution in [0, 0.1) is 6.92 Å². The average Bonchev–Trinajstić information content (AvgIpc) is 2.61. The van der Waals surface area contributed by atoms with E-state index in [4.69, 9.17) is 0 Å². The number of benzene rings is 2. The number of rotatable bonds is 6. The van der Waals surface area contributed by atoms with Gasteiger partial charge in [0.25, 0.3) is 15.9 Å². The largest absolute Gasteiger partial charge is 0.342 e. The van der Waals surface area contributed by atoms with Gasteiger partial charge in [0.05, 0.1) is 10.6 Å². The minimum Gasteiger partial charge on any atom is -0.342 e. The summed E-state index contributed by atoms with van der Waals surface area (Å²) in [4.78, 5) is 14.1. The van der Waals surface area contributed by atoms with Crippen molar-refractivity contribution in [2.24, 2.45) is 0 Å². The predicted octanol–water partition coefficient (Wildman–Crippen LogP) is 3.30. The van der Waals surface area contributed by atoms with Crippen LogP contribution in [-0.2, 0) is 10.0 Å². The van der Waals surface area contributed by atoms with Gasteiger partial charge >= 0.3 is 0 Å². The Labute approximate surface area is 149 Å². The highest BCUT2D eigenvalue weighted by Gasteiger charge is 2.23. The zero-order valence-electron chi connectivity index (χ0n) is 15.1. The number of sulfonamides is 1. The van der Waals surface area contributed by atoms with Gasteiger partial charge < -0.3 is 4.90 Å². The minimum absolute atomic E-state index is 0.103. The standard InChI is InChI=1S/C19H24N2O3S/c1-5-13-20(3)19(22)16-7-6-8-18(14-16)25(23,24)21(4)17-11-9-15(2)10-12-17/h6-12,14H,5,13H2,1-4H3. The Morgan fingerprint density at radius 3 is 2.28 bits per heavy atom. The van der Waals surface area contributed by atoms with E-state index in [0.717, 1.165) is 12.0 Å². The van der Waals surface area contributed by atoms with Crippen LogP contribution >= 0.6 is 0 Å². The molecule has 0 bridgehead atoms. The summed E-state index contributed by atoms with van der Waals surface area (Å²) in [6.45, 7) is 4.56. The van der Waals surface area contributed by atoms with Crippen molar-refractivity contribution < 1.29 is 13.2 Å². The van der Waals surface area contributed by atoms with Gasteiger partial charge in [-0.1, -0.05) is 30.7 Å². The van der Waals surface area contributed by atoms with Crippen LogP contribution in [0.1, 0.15) is 29.3 Å². The third kappa shape index (κ3) is 4.20. The van der Waals surface area contributed by atoms with Crippen molar-refractivity contribution in [3.05, 3.63) is 59.7 Å². The lowest BCUT2D eigenvalue weighted by molar-refractivity contribution is 0.0795. The molecule has 0 aromatic heterocycles. The second kappa shape index (κ2) is 7.70. The zero-order valence-corrected chi connectivity index (χ0v) is 15.9. The summed E-state index contributed by atoms with van der Waals surface area (Å²) < 4.78 is 27.0. The summed E-state index contributed by atoms with van der Waals surface area (Å²) in [5.74, 6) is -0.183. The Hall–Kier alpha value is -2.34. The normalized spacial score (nSPS) is 11.2. The molecule has 0 spiro atoms. The van der Waals surface area contributed by atoms with E-state index in [2.05, 4.69) is 0 Å². The minimum atomic E-state index is -3.74. The number of hydrogen-bond donors (Lipinski definition) is 0. The summed E-state index contributed by atoms with van der Waals surface area (Å²) in [6.07, 6.45) is 0.844. The number of nitrogens with zero attached hydrogens (tertiary/aromatic N) is 2. The number of carbonyl (C=O) groups excluding carboxylic acids is 1. The molecule has 0 saturated heterocycles. The van der Waals surface area contributed by atoms with E-state index in [1.165, 1.54) is 23.5 Å². The Morgan fingerprint density at radius 1 is 1.04 bits per heavy atom. The third-order valence-electron chi connectivity index (χ3n) is 4.04. The average molecular weight is 360 g/mol. The molecule has 0 aliphatic heterocycles. The molecule has 1 amide bonds. The Kier molecular flexibility index (Phi) is 5.85. The van der Waals surface area contributed by atoms with Gasteiger partial charge in [-0.2, -0.15) is 0 Å². The van der Waals surface area contributed by atoms with Gasteiger partial charge in [0.15, 0.2) is 0 Å². The van der Waals surface area contributed by atoms with Gasteiger partial charge in [-0.15, -0.1) is 0 Å². The topological polar surface area (TPSA) is 57.7 Å². The molecule has 0 N–H and O–H groups in total.